The normalized spacial score (nSPS) is 11.3. The molecule has 0 aliphatic rings. The Labute approximate surface area is 57.5 Å². The van der Waals surface area contributed by atoms with Crippen LogP contribution < -0.4 is 0 Å². The van der Waals surface area contributed by atoms with Crippen molar-refractivity contribution in [1.29, 1.82) is 0 Å². The molecule has 0 atom stereocenters. The summed E-state index contributed by atoms with van der Waals surface area (Å²) in [5.41, 5.74) is 0. The predicted octanol–water partition coefficient (Wildman–Crippen LogP) is 2.74. The second kappa shape index (κ2) is 5.19. The first kappa shape index (κ1) is 9.38. The minimum absolute atomic E-state index is 0.291. The molecule has 9 heavy (non-hydrogen) atoms. The molecule has 0 saturated carbocycles. The van der Waals surface area contributed by atoms with Crippen LogP contribution in [-0.4, -0.2) is 11.5 Å². The molecule has 0 amide bonds. The molecule has 0 aromatic rings. The van der Waals surface area contributed by atoms with Crippen LogP contribution in [0.1, 0.15) is 0 Å². The molecule has 0 spiro atoms. The molecule has 0 bridgehead atoms. The van der Waals surface area contributed by atoms with E-state index in [1.807, 2.05) is 0 Å². The number of halogens is 4. The smallest absolute Gasteiger partial charge is 0.236 e. The van der Waals surface area contributed by atoms with E-state index in [-0.39, 0.29) is 24.1 Å². The molecule has 0 saturated heterocycles. The Morgan fingerprint density at radius 2 is 1.22 bits per heavy atom. The molecule has 0 aromatic heterocycles. The Bertz CT molecular complexity index is 61.6. The summed E-state index contributed by atoms with van der Waals surface area (Å²) in [6.07, 6.45) is 0. The zero-order valence-electron chi connectivity index (χ0n) is 3.89. The monoisotopic (exact) mass is 182 g/mol. The van der Waals surface area contributed by atoms with Crippen molar-refractivity contribution in [2.24, 2.45) is 0 Å². The fourth-order valence-electron chi connectivity index (χ4n) is 0.0821. The van der Waals surface area contributed by atoms with Crippen LogP contribution >= 0.6 is 24.1 Å². The molecular formula is C2H2F4OS2. The second-order valence-corrected chi connectivity index (χ2v) is 2.42. The van der Waals surface area contributed by atoms with E-state index in [0.717, 1.165) is 0 Å². The van der Waals surface area contributed by atoms with Gasteiger partial charge in [-0.3, -0.25) is 0 Å². The molecule has 7 heteroatoms. The van der Waals surface area contributed by atoms with E-state index in [9.17, 15) is 17.6 Å². The number of hydrogen-bond donors (Lipinski definition) is 0. The topological polar surface area (TPSA) is 9.23 Å². The number of alkyl halides is 4. The maximum absolute atomic E-state index is 11.1. The van der Waals surface area contributed by atoms with Crippen LogP contribution in [0.5, 0.6) is 0 Å². The van der Waals surface area contributed by atoms with Gasteiger partial charge in [0.15, 0.2) is 0 Å². The molecule has 56 valence electrons. The van der Waals surface area contributed by atoms with Crippen LogP contribution in [0, 0.1) is 0 Å². The highest BCUT2D eigenvalue weighted by molar-refractivity contribution is 8.08. The Hall–Kier alpha value is 0.380. The molecule has 0 aliphatic heterocycles. The van der Waals surface area contributed by atoms with Gasteiger partial charge in [0.1, 0.15) is 0 Å². The summed E-state index contributed by atoms with van der Waals surface area (Å²) in [7, 11) is 0. The van der Waals surface area contributed by atoms with Gasteiger partial charge in [-0.2, -0.15) is 17.6 Å². The van der Waals surface area contributed by atoms with Gasteiger partial charge < -0.3 is 0 Å². The maximum Gasteiger partial charge on any atom is 0.309 e. The van der Waals surface area contributed by atoms with E-state index in [4.69, 9.17) is 0 Å². The Kier molecular flexibility index (Phi) is 5.41. The average Bonchev–Trinajstić information content (AvgIpc) is 1.63. The van der Waals surface area contributed by atoms with E-state index < -0.39 is 11.5 Å². The third-order valence-electron chi connectivity index (χ3n) is 0.224. The molecule has 0 rings (SSSR count). The lowest BCUT2D eigenvalue weighted by atomic mass is 11.7. The summed E-state index contributed by atoms with van der Waals surface area (Å²) in [5, 5.41) is 0. The quantitative estimate of drug-likeness (QED) is 0.488. The van der Waals surface area contributed by atoms with Gasteiger partial charge in [-0.25, -0.2) is 3.63 Å². The molecule has 0 aliphatic carbocycles. The van der Waals surface area contributed by atoms with Gasteiger partial charge in [0.05, 0.1) is 24.1 Å². The molecular weight excluding hydrogens is 180 g/mol. The van der Waals surface area contributed by atoms with Crippen LogP contribution in [0.3, 0.4) is 0 Å². The zero-order chi connectivity index (χ0) is 7.28. The minimum Gasteiger partial charge on any atom is -0.236 e. The third kappa shape index (κ3) is 8.38. The summed E-state index contributed by atoms with van der Waals surface area (Å²) in [6, 6.07) is 0. The van der Waals surface area contributed by atoms with Gasteiger partial charge in [-0.1, -0.05) is 0 Å². The van der Waals surface area contributed by atoms with Crippen LogP contribution in [0.2, 0.25) is 0 Å². The van der Waals surface area contributed by atoms with Gasteiger partial charge in [-0.15, -0.1) is 0 Å². The van der Waals surface area contributed by atoms with Crippen molar-refractivity contribution in [2.45, 2.75) is 11.5 Å². The standard InChI is InChI=1S/C2H2F4OS2/c3-1(4)8-7-9-2(5)6/h1-2H. The SMILES string of the molecule is FC(F)SOSC(F)F. The molecule has 0 aromatic carbocycles. The van der Waals surface area contributed by atoms with Crippen molar-refractivity contribution < 1.29 is 21.2 Å². The number of hydrogen-bond acceptors (Lipinski definition) is 3. The van der Waals surface area contributed by atoms with E-state index in [2.05, 4.69) is 3.63 Å². The fraction of sp³-hybridized carbons (Fsp3) is 1.00. The lowest BCUT2D eigenvalue weighted by molar-refractivity contribution is 0.238. The fourth-order valence-corrected chi connectivity index (χ4v) is 0.739. The van der Waals surface area contributed by atoms with E-state index in [0.29, 0.717) is 0 Å². The van der Waals surface area contributed by atoms with Crippen molar-refractivity contribution in [3.05, 3.63) is 0 Å². The molecule has 0 unspecified atom stereocenters. The average molecular weight is 182 g/mol. The first-order valence-electron chi connectivity index (χ1n) is 1.68. The van der Waals surface area contributed by atoms with E-state index in [1.165, 1.54) is 0 Å². The van der Waals surface area contributed by atoms with Gasteiger partial charge in [0.2, 0.25) is 0 Å². The lowest BCUT2D eigenvalue weighted by Gasteiger charge is -1.96. The van der Waals surface area contributed by atoms with Crippen LogP contribution in [0.15, 0.2) is 0 Å². The largest absolute Gasteiger partial charge is 0.309 e. The molecule has 0 N–H and O–H groups in total. The Balaban J connectivity index is 2.91. The Morgan fingerprint density at radius 3 is 1.44 bits per heavy atom. The number of rotatable bonds is 4. The van der Waals surface area contributed by atoms with E-state index in [1.54, 1.807) is 0 Å². The van der Waals surface area contributed by atoms with Crippen molar-refractivity contribution in [1.82, 2.24) is 0 Å². The van der Waals surface area contributed by atoms with Crippen molar-refractivity contribution in [2.75, 3.05) is 0 Å². The second-order valence-electron chi connectivity index (χ2n) is 0.782. The maximum atomic E-state index is 11.1. The molecule has 1 nitrogen and oxygen atoms in total. The molecule has 0 radical (unpaired) electrons. The van der Waals surface area contributed by atoms with E-state index >= 15 is 0 Å². The predicted molar refractivity (Wildman–Crippen MR) is 28.3 cm³/mol. The minimum atomic E-state index is -2.77. The highest BCUT2D eigenvalue weighted by atomic mass is 32.2. The summed E-state index contributed by atoms with van der Waals surface area (Å²) < 4.78 is 47.9. The van der Waals surface area contributed by atoms with Gasteiger partial charge >= 0.3 is 11.5 Å². The van der Waals surface area contributed by atoms with Crippen LogP contribution in [0.25, 0.3) is 0 Å². The van der Waals surface area contributed by atoms with Crippen LogP contribution in [0.4, 0.5) is 17.6 Å². The first-order chi connectivity index (χ1) is 4.13. The summed E-state index contributed by atoms with van der Waals surface area (Å²) in [5.74, 6) is -5.53. The van der Waals surface area contributed by atoms with Crippen molar-refractivity contribution in [3.63, 3.8) is 0 Å². The highest BCUT2D eigenvalue weighted by Crippen LogP contribution is 2.25. The molecule has 0 fully saturated rings. The summed E-state index contributed by atoms with van der Waals surface area (Å²) in [6.45, 7) is 0. The summed E-state index contributed by atoms with van der Waals surface area (Å²) in [4.78, 5) is 0. The lowest BCUT2D eigenvalue weighted by Crippen LogP contribution is -1.83. The zero-order valence-corrected chi connectivity index (χ0v) is 5.52. The van der Waals surface area contributed by atoms with Gasteiger partial charge in [0, 0.05) is 0 Å². The van der Waals surface area contributed by atoms with Crippen LogP contribution in [-0.2, 0) is 3.63 Å². The molecule has 0 heterocycles. The summed E-state index contributed by atoms with van der Waals surface area (Å²) >= 11 is -0.582. The first-order valence-corrected chi connectivity index (χ1v) is 3.29. The highest BCUT2D eigenvalue weighted by Gasteiger charge is 2.08. The Morgan fingerprint density at radius 1 is 0.889 bits per heavy atom. The van der Waals surface area contributed by atoms with Crippen molar-refractivity contribution in [3.8, 4) is 0 Å². The van der Waals surface area contributed by atoms with Crippen molar-refractivity contribution >= 4 is 24.1 Å². The van der Waals surface area contributed by atoms with Gasteiger partial charge in [0.25, 0.3) is 0 Å². The van der Waals surface area contributed by atoms with Gasteiger partial charge in [-0.05, 0) is 0 Å². The third-order valence-corrected chi connectivity index (χ3v) is 1.14.